The molecule has 0 radical (unpaired) electrons. The quantitative estimate of drug-likeness (QED) is 0.880. The summed E-state index contributed by atoms with van der Waals surface area (Å²) in [7, 11) is 0. The molecule has 2 heterocycles. The zero-order valence-electron chi connectivity index (χ0n) is 13.7. The van der Waals surface area contributed by atoms with Crippen LogP contribution < -0.4 is 5.32 Å². The number of hydrogen-bond acceptors (Lipinski definition) is 5. The van der Waals surface area contributed by atoms with Crippen LogP contribution in [0.3, 0.4) is 0 Å². The first kappa shape index (κ1) is 15.3. The zero-order valence-corrected chi connectivity index (χ0v) is 14.5. The highest BCUT2D eigenvalue weighted by molar-refractivity contribution is 7.19. The van der Waals surface area contributed by atoms with Crippen molar-refractivity contribution in [3.8, 4) is 0 Å². The number of aliphatic hydroxyl groups is 1. The highest BCUT2D eigenvalue weighted by Gasteiger charge is 2.30. The summed E-state index contributed by atoms with van der Waals surface area (Å²) in [5.41, 5.74) is 1.42. The van der Waals surface area contributed by atoms with Crippen LogP contribution in [0.4, 0.5) is 5.82 Å². The van der Waals surface area contributed by atoms with Crippen LogP contribution in [0.1, 0.15) is 68.2 Å². The fraction of sp³-hybridized carbons (Fsp3) is 0.667. The molecule has 5 heteroatoms. The van der Waals surface area contributed by atoms with Crippen molar-refractivity contribution in [2.75, 3.05) is 5.32 Å². The van der Waals surface area contributed by atoms with Gasteiger partial charge >= 0.3 is 0 Å². The van der Waals surface area contributed by atoms with Crippen molar-refractivity contribution < 1.29 is 5.11 Å². The van der Waals surface area contributed by atoms with Crippen LogP contribution in [0, 0.1) is 0 Å². The number of aromatic nitrogens is 2. The van der Waals surface area contributed by atoms with Gasteiger partial charge in [-0.1, -0.05) is 19.3 Å². The maximum Gasteiger partial charge on any atom is 0.138 e. The molecule has 0 amide bonds. The van der Waals surface area contributed by atoms with Crippen molar-refractivity contribution >= 4 is 27.4 Å². The Morgan fingerprint density at radius 3 is 2.87 bits per heavy atom. The van der Waals surface area contributed by atoms with Crippen molar-refractivity contribution in [3.05, 3.63) is 16.8 Å². The topological polar surface area (TPSA) is 58.0 Å². The average molecular weight is 331 g/mol. The van der Waals surface area contributed by atoms with E-state index >= 15 is 0 Å². The van der Waals surface area contributed by atoms with Gasteiger partial charge in [0, 0.05) is 10.9 Å². The molecule has 2 aromatic heterocycles. The fourth-order valence-corrected chi connectivity index (χ4v) is 5.51. The van der Waals surface area contributed by atoms with Gasteiger partial charge in [0.15, 0.2) is 0 Å². The average Bonchev–Trinajstić information content (AvgIpc) is 3.08. The molecule has 124 valence electrons. The summed E-state index contributed by atoms with van der Waals surface area (Å²) in [6.07, 6.45) is 11.1. The maximum absolute atomic E-state index is 9.83. The largest absolute Gasteiger partial charge is 0.393 e. The molecule has 0 saturated heterocycles. The number of hydrogen-bond donors (Lipinski definition) is 2. The lowest BCUT2D eigenvalue weighted by Crippen LogP contribution is -2.23. The van der Waals surface area contributed by atoms with Gasteiger partial charge in [0.2, 0.25) is 0 Å². The lowest BCUT2D eigenvalue weighted by Gasteiger charge is -2.24. The van der Waals surface area contributed by atoms with E-state index in [1.54, 1.807) is 6.33 Å². The lowest BCUT2D eigenvalue weighted by atomic mass is 9.94. The number of nitrogens with one attached hydrogen (secondary N) is 1. The van der Waals surface area contributed by atoms with Crippen LogP contribution in [0.15, 0.2) is 6.33 Å². The Morgan fingerprint density at radius 2 is 2.09 bits per heavy atom. The molecule has 2 aliphatic carbocycles. The van der Waals surface area contributed by atoms with Gasteiger partial charge in [-0.2, -0.15) is 0 Å². The molecule has 1 saturated carbocycles. The number of aryl methyl sites for hydroxylation is 1. The number of aliphatic hydroxyl groups excluding tert-OH is 1. The highest BCUT2D eigenvalue weighted by Crippen LogP contribution is 2.47. The van der Waals surface area contributed by atoms with E-state index < -0.39 is 0 Å². The molecule has 0 unspecified atom stereocenters. The summed E-state index contributed by atoms with van der Waals surface area (Å²) < 4.78 is 0. The molecular formula is C18H25N3OS. The standard InChI is InChI=1S/C18H25N3OS/c1-11(22)9-12-7-8-14-15(12)16-17(19-10-20-18(16)23-14)21-13-5-3-2-4-6-13/h10-13,22H,2-9H2,1H3,(H,19,20,21)/t11-,12-/m1/s1. The summed E-state index contributed by atoms with van der Waals surface area (Å²) in [6, 6.07) is 0.550. The number of anilines is 1. The van der Waals surface area contributed by atoms with E-state index in [0.717, 1.165) is 29.9 Å². The number of nitrogens with zero attached hydrogens (tertiary/aromatic N) is 2. The van der Waals surface area contributed by atoms with Gasteiger partial charge in [-0.25, -0.2) is 9.97 Å². The van der Waals surface area contributed by atoms with Gasteiger partial charge in [0.05, 0.1) is 11.5 Å². The summed E-state index contributed by atoms with van der Waals surface area (Å²) in [5.74, 6) is 1.48. The molecule has 2 aliphatic rings. The predicted molar refractivity (Wildman–Crippen MR) is 95.3 cm³/mol. The predicted octanol–water partition coefficient (Wildman–Crippen LogP) is 4.24. The van der Waals surface area contributed by atoms with Crippen molar-refractivity contribution in [1.82, 2.24) is 9.97 Å². The highest BCUT2D eigenvalue weighted by atomic mass is 32.1. The van der Waals surface area contributed by atoms with E-state index in [0.29, 0.717) is 12.0 Å². The summed E-state index contributed by atoms with van der Waals surface area (Å²) in [4.78, 5) is 11.7. The van der Waals surface area contributed by atoms with Crippen LogP contribution in [-0.2, 0) is 6.42 Å². The second-order valence-electron chi connectivity index (χ2n) is 7.14. The smallest absolute Gasteiger partial charge is 0.138 e. The Labute approximate surface area is 141 Å². The first-order valence-electron chi connectivity index (χ1n) is 8.93. The monoisotopic (exact) mass is 331 g/mol. The molecule has 2 atom stereocenters. The second kappa shape index (κ2) is 6.36. The Hall–Kier alpha value is -1.20. The molecule has 0 aliphatic heterocycles. The van der Waals surface area contributed by atoms with Gasteiger partial charge in [0.25, 0.3) is 0 Å². The van der Waals surface area contributed by atoms with Gasteiger partial charge in [0.1, 0.15) is 17.0 Å². The molecule has 23 heavy (non-hydrogen) atoms. The van der Waals surface area contributed by atoms with Gasteiger partial charge in [-0.3, -0.25) is 0 Å². The Kier molecular flexibility index (Phi) is 4.24. The second-order valence-corrected chi connectivity index (χ2v) is 8.22. The van der Waals surface area contributed by atoms with Crippen LogP contribution >= 0.6 is 11.3 Å². The van der Waals surface area contributed by atoms with Crippen molar-refractivity contribution in [2.24, 2.45) is 0 Å². The first-order chi connectivity index (χ1) is 11.2. The molecule has 4 nitrogen and oxygen atoms in total. The Balaban J connectivity index is 1.71. The third kappa shape index (κ3) is 2.96. The van der Waals surface area contributed by atoms with Crippen LogP contribution in [0.25, 0.3) is 10.2 Å². The first-order valence-corrected chi connectivity index (χ1v) is 9.75. The van der Waals surface area contributed by atoms with E-state index in [9.17, 15) is 5.11 Å². The molecular weight excluding hydrogens is 306 g/mol. The molecule has 4 rings (SSSR count). The number of thiophene rings is 1. The zero-order chi connectivity index (χ0) is 15.8. The third-order valence-electron chi connectivity index (χ3n) is 5.30. The van der Waals surface area contributed by atoms with Crippen LogP contribution in [0.2, 0.25) is 0 Å². The van der Waals surface area contributed by atoms with E-state index in [4.69, 9.17) is 0 Å². The normalized spacial score (nSPS) is 23.1. The Morgan fingerprint density at radius 1 is 1.26 bits per heavy atom. The van der Waals surface area contributed by atoms with Gasteiger partial charge in [-0.15, -0.1) is 11.3 Å². The number of rotatable bonds is 4. The minimum atomic E-state index is -0.250. The number of fused-ring (bicyclic) bond motifs is 3. The molecule has 0 bridgehead atoms. The van der Waals surface area contributed by atoms with Crippen molar-refractivity contribution in [1.29, 1.82) is 0 Å². The molecule has 0 spiro atoms. The molecule has 2 N–H and O–H groups in total. The SMILES string of the molecule is C[C@@H](O)C[C@H]1CCc2sc3ncnc(NC4CCCCC4)c3c21. The van der Waals surface area contributed by atoms with E-state index in [-0.39, 0.29) is 6.10 Å². The Bertz CT molecular complexity index is 691. The van der Waals surface area contributed by atoms with Crippen molar-refractivity contribution in [2.45, 2.75) is 76.4 Å². The van der Waals surface area contributed by atoms with Gasteiger partial charge < -0.3 is 10.4 Å². The summed E-state index contributed by atoms with van der Waals surface area (Å²) in [6.45, 7) is 1.89. The molecule has 0 aromatic carbocycles. The fourth-order valence-electron chi connectivity index (χ4n) is 4.26. The van der Waals surface area contributed by atoms with Crippen LogP contribution in [-0.4, -0.2) is 27.2 Å². The van der Waals surface area contributed by atoms with Crippen molar-refractivity contribution in [3.63, 3.8) is 0 Å². The van der Waals surface area contributed by atoms with Gasteiger partial charge in [-0.05, 0) is 50.5 Å². The summed E-state index contributed by atoms with van der Waals surface area (Å²) in [5, 5.41) is 14.8. The minimum absolute atomic E-state index is 0.250. The lowest BCUT2D eigenvalue weighted by molar-refractivity contribution is 0.174. The van der Waals surface area contributed by atoms with E-state index in [1.165, 1.54) is 47.9 Å². The van der Waals surface area contributed by atoms with E-state index in [1.807, 2.05) is 18.3 Å². The molecule has 2 aromatic rings. The third-order valence-corrected chi connectivity index (χ3v) is 6.48. The summed E-state index contributed by atoms with van der Waals surface area (Å²) >= 11 is 1.82. The molecule has 1 fully saturated rings. The minimum Gasteiger partial charge on any atom is -0.393 e. The maximum atomic E-state index is 9.83. The van der Waals surface area contributed by atoms with E-state index in [2.05, 4.69) is 15.3 Å². The van der Waals surface area contributed by atoms with Crippen LogP contribution in [0.5, 0.6) is 0 Å².